The second kappa shape index (κ2) is 10.2. The van der Waals surface area contributed by atoms with Crippen molar-refractivity contribution in [1.82, 2.24) is 15.3 Å². The molecule has 9 heteroatoms. The van der Waals surface area contributed by atoms with Crippen LogP contribution < -0.4 is 14.8 Å². The van der Waals surface area contributed by atoms with Crippen molar-refractivity contribution in [2.45, 2.75) is 31.4 Å². The molecule has 0 bridgehead atoms. The van der Waals surface area contributed by atoms with E-state index in [0.29, 0.717) is 48.5 Å². The van der Waals surface area contributed by atoms with Gasteiger partial charge in [0.15, 0.2) is 0 Å². The number of nitrogens with zero attached hydrogens (tertiary/aromatic N) is 2. The molecule has 0 aromatic carbocycles. The number of hydrogen-bond acceptors (Lipinski definition) is 7. The second-order valence-corrected chi connectivity index (χ2v) is 7.15. The molecule has 26 heavy (non-hydrogen) atoms. The molecule has 2 N–H and O–H groups in total. The Balaban J connectivity index is 1.75. The molecule has 8 nitrogen and oxygen atoms in total. The highest BCUT2D eigenvalue weighted by atomic mass is 32.2. The van der Waals surface area contributed by atoms with E-state index >= 15 is 0 Å². The number of nitrogens with one attached hydrogen (secondary N) is 1. The fourth-order valence-electron chi connectivity index (χ4n) is 3.00. The van der Waals surface area contributed by atoms with E-state index in [1.54, 1.807) is 17.8 Å². The number of ether oxygens (including phenoxy) is 2. The number of carboxylic acids is 1. The Hall–Kier alpha value is -2.03. The fraction of sp³-hybridized carbons (Fsp3) is 0.647. The number of aromatic nitrogens is 2. The molecule has 1 aromatic rings. The average Bonchev–Trinajstić information content (AvgIpc) is 2.67. The van der Waals surface area contributed by atoms with Crippen LogP contribution in [0.4, 0.5) is 0 Å². The molecule has 2 atom stereocenters. The minimum atomic E-state index is -0.872. The van der Waals surface area contributed by atoms with E-state index in [-0.39, 0.29) is 5.91 Å². The summed E-state index contributed by atoms with van der Waals surface area (Å²) in [4.78, 5) is 32.1. The first-order chi connectivity index (χ1) is 12.5. The maximum Gasteiger partial charge on any atom is 0.307 e. The summed E-state index contributed by atoms with van der Waals surface area (Å²) in [7, 11) is 3.06. The SMILES string of the molecule is COc1cc(OC)nc(CSCCNC(=O)C2CCCCC2C(=O)O)n1. The minimum absolute atomic E-state index is 0.156. The summed E-state index contributed by atoms with van der Waals surface area (Å²) in [6.07, 6.45) is 3.01. The second-order valence-electron chi connectivity index (χ2n) is 6.05. The zero-order valence-corrected chi connectivity index (χ0v) is 15.9. The Labute approximate surface area is 157 Å². The van der Waals surface area contributed by atoms with Gasteiger partial charge in [0.25, 0.3) is 0 Å². The van der Waals surface area contributed by atoms with Crippen LogP contribution in [0, 0.1) is 11.8 Å². The first-order valence-corrected chi connectivity index (χ1v) is 9.74. The van der Waals surface area contributed by atoms with E-state index < -0.39 is 17.8 Å². The van der Waals surface area contributed by atoms with E-state index in [9.17, 15) is 14.7 Å². The lowest BCUT2D eigenvalue weighted by Gasteiger charge is -2.27. The summed E-state index contributed by atoms with van der Waals surface area (Å²) in [5.74, 6) is 0.710. The maximum atomic E-state index is 12.3. The van der Waals surface area contributed by atoms with Gasteiger partial charge in [-0.3, -0.25) is 9.59 Å². The monoisotopic (exact) mass is 383 g/mol. The van der Waals surface area contributed by atoms with Crippen molar-refractivity contribution in [3.05, 3.63) is 11.9 Å². The van der Waals surface area contributed by atoms with Crippen molar-refractivity contribution < 1.29 is 24.2 Å². The number of methoxy groups -OCH3 is 2. The van der Waals surface area contributed by atoms with Crippen LogP contribution in [-0.2, 0) is 15.3 Å². The van der Waals surface area contributed by atoms with Crippen molar-refractivity contribution in [1.29, 1.82) is 0 Å². The van der Waals surface area contributed by atoms with Gasteiger partial charge in [-0.2, -0.15) is 21.7 Å². The molecule has 0 spiro atoms. The van der Waals surface area contributed by atoms with Gasteiger partial charge in [-0.1, -0.05) is 12.8 Å². The van der Waals surface area contributed by atoms with Crippen molar-refractivity contribution in [3.8, 4) is 11.8 Å². The van der Waals surface area contributed by atoms with Gasteiger partial charge in [-0.05, 0) is 12.8 Å². The topological polar surface area (TPSA) is 111 Å². The maximum absolute atomic E-state index is 12.3. The predicted molar refractivity (Wildman–Crippen MR) is 97.4 cm³/mol. The largest absolute Gasteiger partial charge is 0.481 e. The van der Waals surface area contributed by atoms with Crippen LogP contribution >= 0.6 is 11.8 Å². The Morgan fingerprint density at radius 1 is 1.19 bits per heavy atom. The van der Waals surface area contributed by atoms with Crippen LogP contribution in [0.2, 0.25) is 0 Å². The van der Waals surface area contributed by atoms with Gasteiger partial charge < -0.3 is 19.9 Å². The lowest BCUT2D eigenvalue weighted by Crippen LogP contribution is -2.40. The molecule has 0 aliphatic heterocycles. The lowest BCUT2D eigenvalue weighted by atomic mass is 9.79. The van der Waals surface area contributed by atoms with Gasteiger partial charge in [-0.25, -0.2) is 0 Å². The molecule has 1 amide bonds. The van der Waals surface area contributed by atoms with Crippen LogP contribution in [0.5, 0.6) is 11.8 Å². The first-order valence-electron chi connectivity index (χ1n) is 8.59. The van der Waals surface area contributed by atoms with Crippen LogP contribution in [0.25, 0.3) is 0 Å². The predicted octanol–water partition coefficient (Wildman–Crippen LogP) is 1.73. The third-order valence-corrected chi connectivity index (χ3v) is 5.30. The summed E-state index contributed by atoms with van der Waals surface area (Å²) in [6, 6.07) is 1.61. The summed E-state index contributed by atoms with van der Waals surface area (Å²) in [5, 5.41) is 12.1. The molecular weight excluding hydrogens is 358 g/mol. The van der Waals surface area contributed by atoms with Crippen molar-refractivity contribution in [3.63, 3.8) is 0 Å². The Kier molecular flexibility index (Phi) is 7.96. The standard InChI is InChI=1S/C17H25N3O5S/c1-24-14-9-15(25-2)20-13(19-14)10-26-8-7-18-16(21)11-5-3-4-6-12(11)17(22)23/h9,11-12H,3-8,10H2,1-2H3,(H,18,21)(H,22,23). The smallest absolute Gasteiger partial charge is 0.307 e. The van der Waals surface area contributed by atoms with Crippen LogP contribution in [0.1, 0.15) is 31.5 Å². The van der Waals surface area contributed by atoms with Crippen molar-refractivity contribution in [2.75, 3.05) is 26.5 Å². The number of aliphatic carboxylic acids is 1. The summed E-state index contributed by atoms with van der Waals surface area (Å²) in [6.45, 7) is 0.480. The van der Waals surface area contributed by atoms with Gasteiger partial charge in [0.1, 0.15) is 5.82 Å². The van der Waals surface area contributed by atoms with E-state index in [4.69, 9.17) is 9.47 Å². The molecule has 1 aromatic heterocycles. The molecule has 0 saturated heterocycles. The van der Waals surface area contributed by atoms with Crippen LogP contribution in [-0.4, -0.2) is 53.5 Å². The van der Waals surface area contributed by atoms with Gasteiger partial charge in [-0.15, -0.1) is 0 Å². The third-order valence-electron chi connectivity index (χ3n) is 4.34. The molecule has 1 heterocycles. The van der Waals surface area contributed by atoms with E-state index in [1.165, 1.54) is 14.2 Å². The number of carbonyl (C=O) groups excluding carboxylic acids is 1. The lowest BCUT2D eigenvalue weighted by molar-refractivity contribution is -0.148. The molecule has 2 unspecified atom stereocenters. The summed E-state index contributed by atoms with van der Waals surface area (Å²) < 4.78 is 10.2. The Morgan fingerprint density at radius 2 is 1.81 bits per heavy atom. The van der Waals surface area contributed by atoms with E-state index in [0.717, 1.165) is 12.8 Å². The molecule has 2 rings (SSSR count). The highest BCUT2D eigenvalue weighted by Gasteiger charge is 2.35. The molecule has 1 saturated carbocycles. The quantitative estimate of drug-likeness (QED) is 0.620. The zero-order chi connectivity index (χ0) is 18.9. The average molecular weight is 383 g/mol. The van der Waals surface area contributed by atoms with Gasteiger partial charge >= 0.3 is 5.97 Å². The van der Waals surface area contributed by atoms with Gasteiger partial charge in [0.2, 0.25) is 17.7 Å². The van der Waals surface area contributed by atoms with Crippen molar-refractivity contribution >= 4 is 23.6 Å². The molecule has 144 valence electrons. The Bertz CT molecular complexity index is 606. The Morgan fingerprint density at radius 3 is 2.38 bits per heavy atom. The number of rotatable bonds is 9. The fourth-order valence-corrected chi connectivity index (χ4v) is 3.71. The number of hydrogen-bond donors (Lipinski definition) is 2. The highest BCUT2D eigenvalue weighted by Crippen LogP contribution is 2.30. The van der Waals surface area contributed by atoms with E-state index in [1.807, 2.05) is 0 Å². The molecule has 1 fully saturated rings. The van der Waals surface area contributed by atoms with Gasteiger partial charge in [0.05, 0.1) is 37.9 Å². The van der Waals surface area contributed by atoms with Crippen molar-refractivity contribution in [2.24, 2.45) is 11.8 Å². The van der Waals surface area contributed by atoms with Gasteiger partial charge in [0, 0.05) is 12.3 Å². The summed E-state index contributed by atoms with van der Waals surface area (Å²) in [5.41, 5.74) is 0. The first kappa shape index (κ1) is 20.3. The highest BCUT2D eigenvalue weighted by molar-refractivity contribution is 7.98. The third kappa shape index (κ3) is 5.76. The molecule has 1 aliphatic rings. The number of amides is 1. The van der Waals surface area contributed by atoms with Crippen LogP contribution in [0.15, 0.2) is 6.07 Å². The molecule has 0 radical (unpaired) electrons. The van der Waals surface area contributed by atoms with Crippen LogP contribution in [0.3, 0.4) is 0 Å². The number of carbonyl (C=O) groups is 2. The number of thioether (sulfide) groups is 1. The minimum Gasteiger partial charge on any atom is -0.481 e. The zero-order valence-electron chi connectivity index (χ0n) is 15.1. The summed E-state index contributed by atoms with van der Waals surface area (Å²) >= 11 is 1.57. The molecular formula is C17H25N3O5S. The normalized spacial score (nSPS) is 19.6. The number of carboxylic acid groups (broad SMARTS) is 1. The van der Waals surface area contributed by atoms with E-state index in [2.05, 4.69) is 15.3 Å². The molecule has 1 aliphatic carbocycles.